The summed E-state index contributed by atoms with van der Waals surface area (Å²) < 4.78 is 0. The van der Waals surface area contributed by atoms with Gasteiger partial charge in [0.15, 0.2) is 5.78 Å². The third kappa shape index (κ3) is 9.02. The van der Waals surface area contributed by atoms with Crippen molar-refractivity contribution in [3.63, 3.8) is 0 Å². The molecule has 8 rings (SSSR count). The van der Waals surface area contributed by atoms with Gasteiger partial charge in [0.25, 0.3) is 0 Å². The fourth-order valence-corrected chi connectivity index (χ4v) is 9.96. The molecule has 7 heteroatoms. The molecule has 296 valence electrons. The van der Waals surface area contributed by atoms with Crippen LogP contribution in [0.1, 0.15) is 109 Å². The van der Waals surface area contributed by atoms with E-state index in [0.29, 0.717) is 56.2 Å². The first kappa shape index (κ1) is 40.4. The molecule has 0 unspecified atom stereocenters. The van der Waals surface area contributed by atoms with Crippen molar-refractivity contribution in [2.75, 3.05) is 13.1 Å². The second-order valence-electron chi connectivity index (χ2n) is 16.5. The van der Waals surface area contributed by atoms with Gasteiger partial charge >= 0.3 is 6.03 Å². The molecule has 1 fully saturated rings. The quantitative estimate of drug-likeness (QED) is 0.0972. The highest BCUT2D eigenvalue weighted by Gasteiger charge is 2.57. The fourth-order valence-electron chi connectivity index (χ4n) is 9.26. The number of aliphatic hydroxyl groups excluding tert-OH is 1. The van der Waals surface area contributed by atoms with Crippen LogP contribution in [0.4, 0.5) is 4.79 Å². The monoisotopic (exact) mass is 780 g/mol. The second-order valence-corrected chi connectivity index (χ2v) is 17.6. The van der Waals surface area contributed by atoms with Crippen LogP contribution in [-0.2, 0) is 12.8 Å². The van der Waals surface area contributed by atoms with Gasteiger partial charge < -0.3 is 20.4 Å². The summed E-state index contributed by atoms with van der Waals surface area (Å²) in [5, 5.41) is 29.6. The number of fused-ring (bicyclic) bond motifs is 8. The van der Waals surface area contributed by atoms with Gasteiger partial charge in [-0.25, -0.2) is 4.79 Å². The lowest BCUT2D eigenvalue weighted by atomic mass is 9.64. The third-order valence-corrected chi connectivity index (χ3v) is 13.7. The first-order chi connectivity index (χ1) is 27.5. The Bertz CT molecular complexity index is 2170. The number of allylic oxidation sites excluding steroid dienone is 2. The zero-order chi connectivity index (χ0) is 40.0. The molecule has 0 radical (unpaired) electrons. The summed E-state index contributed by atoms with van der Waals surface area (Å²) in [4.78, 5) is 32.4. The maximum Gasteiger partial charge on any atom is 0.317 e. The van der Waals surface area contributed by atoms with Crippen LogP contribution in [0.15, 0.2) is 132 Å². The van der Waals surface area contributed by atoms with E-state index in [-0.39, 0.29) is 30.3 Å². The van der Waals surface area contributed by atoms with Gasteiger partial charge in [0, 0.05) is 28.0 Å². The highest BCUT2D eigenvalue weighted by molar-refractivity contribution is 7.09. The number of benzene rings is 4. The molecule has 6 nitrogen and oxygen atoms in total. The van der Waals surface area contributed by atoms with Crippen LogP contribution in [0.3, 0.4) is 0 Å². The summed E-state index contributed by atoms with van der Waals surface area (Å²) in [7, 11) is 0. The SMILES string of the molecule is CC1=CCC[C@@]2(C)[C@@H](CC[C@@]2(O)CN(CCc2cccs2)C(=O)N[C@H](C)c2ccccc2)c2ccc(cc2C(=O)c2ccccc2-c2ccccc2)C[C@@H](O)CC1. The molecule has 0 aliphatic heterocycles. The number of carbonyl (C=O) groups excluding carboxylic acids is 2. The van der Waals surface area contributed by atoms with Crippen molar-refractivity contribution >= 4 is 23.2 Å². The number of aliphatic hydroxyl groups is 2. The number of thiophene rings is 1. The van der Waals surface area contributed by atoms with Crippen molar-refractivity contribution in [1.82, 2.24) is 10.2 Å². The molecule has 5 atom stereocenters. The van der Waals surface area contributed by atoms with Crippen LogP contribution < -0.4 is 5.32 Å². The van der Waals surface area contributed by atoms with E-state index in [2.05, 4.69) is 48.8 Å². The summed E-state index contributed by atoms with van der Waals surface area (Å²) in [5.41, 5.74) is 5.25. The van der Waals surface area contributed by atoms with E-state index in [1.54, 1.807) is 11.3 Å². The number of carbonyl (C=O) groups is 2. The number of hydrogen-bond donors (Lipinski definition) is 3. The lowest BCUT2D eigenvalue weighted by molar-refractivity contribution is -0.0769. The molecule has 1 heterocycles. The van der Waals surface area contributed by atoms with E-state index in [4.69, 9.17) is 0 Å². The zero-order valence-corrected chi connectivity index (χ0v) is 34.3. The molecular weight excluding hydrogens is 725 g/mol. The zero-order valence-electron chi connectivity index (χ0n) is 33.5. The van der Waals surface area contributed by atoms with Gasteiger partial charge in [-0.1, -0.05) is 122 Å². The van der Waals surface area contributed by atoms with E-state index in [9.17, 15) is 15.0 Å². The first-order valence-corrected chi connectivity index (χ1v) is 21.4. The van der Waals surface area contributed by atoms with Crippen molar-refractivity contribution in [3.8, 4) is 11.1 Å². The van der Waals surface area contributed by atoms with E-state index in [1.165, 1.54) is 10.5 Å². The van der Waals surface area contributed by atoms with Gasteiger partial charge in [0.1, 0.15) is 0 Å². The van der Waals surface area contributed by atoms with Crippen molar-refractivity contribution in [3.05, 3.63) is 165 Å². The summed E-state index contributed by atoms with van der Waals surface area (Å²) in [6.45, 7) is 6.94. The maximum absolute atomic E-state index is 15.1. The van der Waals surface area contributed by atoms with Gasteiger partial charge in [-0.05, 0) is 116 Å². The van der Waals surface area contributed by atoms with Crippen LogP contribution in [0, 0.1) is 5.41 Å². The minimum Gasteiger partial charge on any atom is -0.393 e. The Kier molecular flexibility index (Phi) is 12.6. The van der Waals surface area contributed by atoms with E-state index in [1.807, 2.05) is 109 Å². The fraction of sp³-hybridized carbons (Fsp3) is 0.360. The minimum atomic E-state index is -1.24. The van der Waals surface area contributed by atoms with Crippen LogP contribution >= 0.6 is 11.3 Å². The van der Waals surface area contributed by atoms with Crippen LogP contribution in [0.25, 0.3) is 11.1 Å². The average molecular weight is 781 g/mol. The molecule has 2 bridgehead atoms. The molecule has 3 aliphatic carbocycles. The van der Waals surface area contributed by atoms with Crippen molar-refractivity contribution in [2.24, 2.45) is 5.41 Å². The Hall–Kier alpha value is -4.82. The molecule has 0 saturated heterocycles. The first-order valence-electron chi connectivity index (χ1n) is 20.6. The lowest BCUT2D eigenvalue weighted by Gasteiger charge is -2.46. The Labute approximate surface area is 342 Å². The van der Waals surface area contributed by atoms with Gasteiger partial charge in [-0.3, -0.25) is 4.79 Å². The molecule has 2 amide bonds. The molecule has 1 saturated carbocycles. The largest absolute Gasteiger partial charge is 0.393 e. The Balaban J connectivity index is 1.28. The average Bonchev–Trinajstić information content (AvgIpc) is 3.84. The Morgan fingerprint density at radius 1 is 0.895 bits per heavy atom. The summed E-state index contributed by atoms with van der Waals surface area (Å²) >= 11 is 1.68. The Morgan fingerprint density at radius 3 is 2.39 bits per heavy atom. The maximum atomic E-state index is 15.1. The lowest BCUT2D eigenvalue weighted by Crippen LogP contribution is -2.56. The number of nitrogens with one attached hydrogen (secondary N) is 1. The van der Waals surface area contributed by atoms with Gasteiger partial charge in [0.2, 0.25) is 0 Å². The summed E-state index contributed by atoms with van der Waals surface area (Å²) in [6.07, 6.45) is 6.84. The van der Waals surface area contributed by atoms with Crippen LogP contribution in [-0.4, -0.2) is 51.7 Å². The second kappa shape index (κ2) is 17.8. The van der Waals surface area contributed by atoms with Crippen molar-refractivity contribution < 1.29 is 19.8 Å². The van der Waals surface area contributed by atoms with Gasteiger partial charge in [-0.15, -0.1) is 11.3 Å². The van der Waals surface area contributed by atoms with Gasteiger partial charge in [-0.2, -0.15) is 0 Å². The topological polar surface area (TPSA) is 89.9 Å². The highest BCUT2D eigenvalue weighted by Crippen LogP contribution is 2.59. The summed E-state index contributed by atoms with van der Waals surface area (Å²) in [5.74, 6) is -0.223. The molecule has 1 aromatic heterocycles. The number of rotatable bonds is 10. The van der Waals surface area contributed by atoms with E-state index in [0.717, 1.165) is 40.7 Å². The van der Waals surface area contributed by atoms with E-state index < -0.39 is 17.1 Å². The standard InChI is InChI=1S/C50H56N2O4S/c1-35-14-12-28-49(3)46(26-29-50(49,56)34-52(30-27-41-19-13-31-57-41)48(55)51-36(2)38-15-6-4-7-16-38)43-25-23-37(32-40(53)24-22-35)33-45(43)47(54)44-21-11-10-20-42(44)39-17-8-5-9-18-39/h4-11,13-21,23,25,31,33,36,40,46,53,56H,12,22,24,26-30,32,34H2,1-3H3,(H,51,55)/t36-,40+,46+,49+,50-/m1/s1. The number of hydrogen-bond acceptors (Lipinski definition) is 5. The predicted octanol–water partition coefficient (Wildman–Crippen LogP) is 10.7. The molecule has 5 aromatic rings. The molecule has 0 spiro atoms. The Morgan fingerprint density at radius 2 is 1.63 bits per heavy atom. The van der Waals surface area contributed by atoms with Crippen LogP contribution in [0.5, 0.6) is 0 Å². The predicted molar refractivity (Wildman–Crippen MR) is 232 cm³/mol. The van der Waals surface area contributed by atoms with Crippen molar-refractivity contribution in [2.45, 2.75) is 95.8 Å². The molecule has 57 heavy (non-hydrogen) atoms. The number of urea groups is 1. The summed E-state index contributed by atoms with van der Waals surface area (Å²) in [6, 6.07) is 37.7. The number of amides is 2. The third-order valence-electron chi connectivity index (χ3n) is 12.8. The van der Waals surface area contributed by atoms with Crippen molar-refractivity contribution in [1.29, 1.82) is 0 Å². The number of ketones is 1. The van der Waals surface area contributed by atoms with Crippen LogP contribution in [0.2, 0.25) is 0 Å². The minimum absolute atomic E-state index is 0.0618. The molecule has 4 aromatic carbocycles. The number of nitrogens with zero attached hydrogens (tertiary/aromatic N) is 1. The van der Waals surface area contributed by atoms with E-state index >= 15 is 4.79 Å². The van der Waals surface area contributed by atoms with Gasteiger partial charge in [0.05, 0.1) is 24.3 Å². The molecule has 3 N–H and O–H groups in total. The molecule has 3 aliphatic rings. The smallest absolute Gasteiger partial charge is 0.317 e. The normalized spacial score (nSPS) is 22.9. The molecular formula is C50H56N2O4S. The highest BCUT2D eigenvalue weighted by atomic mass is 32.1.